The zero-order chi connectivity index (χ0) is 12.6. The molecule has 1 aromatic carbocycles. The molecule has 5 nitrogen and oxygen atoms in total. The maximum Gasteiger partial charge on any atom is 0.323 e. The first-order chi connectivity index (χ1) is 8.00. The molecule has 5 heteroatoms. The third-order valence-electron chi connectivity index (χ3n) is 2.50. The molecule has 84 valence electrons. The smallest absolute Gasteiger partial charge is 0.323 e. The SMILES string of the molecule is [2H]c1ccc2[nH]cc([C@@H](O)[C@H](N)C(=O)O)c2c1. The fourth-order valence-electron chi connectivity index (χ4n) is 1.60. The van der Waals surface area contributed by atoms with Crippen LogP contribution in [0, 0.1) is 0 Å². The summed E-state index contributed by atoms with van der Waals surface area (Å²) in [4.78, 5) is 13.6. The highest BCUT2D eigenvalue weighted by molar-refractivity contribution is 5.84. The van der Waals surface area contributed by atoms with Crippen LogP contribution in [0.2, 0.25) is 0 Å². The van der Waals surface area contributed by atoms with Crippen molar-refractivity contribution in [3.63, 3.8) is 0 Å². The van der Waals surface area contributed by atoms with E-state index >= 15 is 0 Å². The Bertz CT molecular complexity index is 567. The number of para-hydroxylation sites is 1. The number of benzene rings is 1. The van der Waals surface area contributed by atoms with Crippen LogP contribution in [0.5, 0.6) is 0 Å². The van der Waals surface area contributed by atoms with Crippen LogP contribution in [0.4, 0.5) is 0 Å². The summed E-state index contributed by atoms with van der Waals surface area (Å²) >= 11 is 0. The minimum absolute atomic E-state index is 0.287. The van der Waals surface area contributed by atoms with Crippen LogP contribution in [-0.4, -0.2) is 27.2 Å². The third kappa shape index (κ3) is 1.66. The summed E-state index contributed by atoms with van der Waals surface area (Å²) in [5, 5.41) is 19.2. The summed E-state index contributed by atoms with van der Waals surface area (Å²) in [6, 6.07) is 3.75. The molecule has 0 spiro atoms. The summed E-state index contributed by atoms with van der Waals surface area (Å²) in [5.74, 6) is -1.27. The lowest BCUT2D eigenvalue weighted by Gasteiger charge is -2.13. The molecule has 0 bridgehead atoms. The maximum absolute atomic E-state index is 10.7. The highest BCUT2D eigenvalue weighted by atomic mass is 16.4. The molecular formula is C11H12N2O3. The molecule has 0 fully saturated rings. The van der Waals surface area contributed by atoms with Crippen LogP contribution >= 0.6 is 0 Å². The second-order valence-corrected chi connectivity index (χ2v) is 3.52. The van der Waals surface area contributed by atoms with Gasteiger partial charge in [0.05, 0.1) is 1.37 Å². The Balaban J connectivity index is 2.48. The molecule has 1 aromatic heterocycles. The van der Waals surface area contributed by atoms with Gasteiger partial charge in [-0.3, -0.25) is 4.79 Å². The molecule has 5 N–H and O–H groups in total. The first kappa shape index (κ1) is 9.38. The molecule has 0 aliphatic rings. The lowest BCUT2D eigenvalue weighted by Crippen LogP contribution is -2.36. The van der Waals surface area contributed by atoms with Gasteiger partial charge in [-0.15, -0.1) is 0 Å². The molecule has 0 amide bonds. The van der Waals surface area contributed by atoms with Crippen molar-refractivity contribution < 1.29 is 16.4 Å². The first-order valence-electron chi connectivity index (χ1n) is 5.25. The molecule has 0 radical (unpaired) electrons. The molecule has 0 aliphatic heterocycles. The maximum atomic E-state index is 10.7. The largest absolute Gasteiger partial charge is 0.480 e. The standard InChI is InChI=1S/C11H12N2O3/c12-9(11(15)16)10(14)7-5-13-8-4-2-1-3-6(7)8/h1-5,9-10,13-14H,12H2,(H,15,16)/t9-,10+/m0/s1/i1D. The minimum Gasteiger partial charge on any atom is -0.480 e. The Morgan fingerprint density at radius 1 is 1.56 bits per heavy atom. The van der Waals surface area contributed by atoms with Gasteiger partial charge in [-0.2, -0.15) is 0 Å². The Morgan fingerprint density at radius 3 is 3.00 bits per heavy atom. The van der Waals surface area contributed by atoms with Crippen LogP contribution in [0.1, 0.15) is 13.0 Å². The van der Waals surface area contributed by atoms with Crippen molar-refractivity contribution in [1.29, 1.82) is 0 Å². The van der Waals surface area contributed by atoms with Gasteiger partial charge in [0.25, 0.3) is 0 Å². The average molecular weight is 221 g/mol. The predicted molar refractivity (Wildman–Crippen MR) is 58.9 cm³/mol. The van der Waals surface area contributed by atoms with Gasteiger partial charge in [-0.25, -0.2) is 0 Å². The third-order valence-corrected chi connectivity index (χ3v) is 2.50. The molecule has 2 atom stereocenters. The lowest BCUT2D eigenvalue weighted by molar-refractivity contribution is -0.141. The number of rotatable bonds is 3. The summed E-state index contributed by atoms with van der Waals surface area (Å²) in [5.41, 5.74) is 6.49. The molecule has 2 rings (SSSR count). The highest BCUT2D eigenvalue weighted by Gasteiger charge is 2.25. The van der Waals surface area contributed by atoms with Crippen molar-refractivity contribution in [3.05, 3.63) is 36.0 Å². The van der Waals surface area contributed by atoms with E-state index in [1.165, 1.54) is 6.20 Å². The number of H-pyrrole nitrogens is 1. The van der Waals surface area contributed by atoms with Gasteiger partial charge < -0.3 is 20.9 Å². The number of hydrogen-bond donors (Lipinski definition) is 4. The zero-order valence-corrected chi connectivity index (χ0v) is 8.34. The van der Waals surface area contributed by atoms with Crippen molar-refractivity contribution >= 4 is 16.9 Å². The molecule has 16 heavy (non-hydrogen) atoms. The number of fused-ring (bicyclic) bond motifs is 1. The Hall–Kier alpha value is -1.85. The number of nitrogens with one attached hydrogen (secondary N) is 1. The number of carboxylic acids is 1. The molecule has 0 aliphatic carbocycles. The first-order valence-corrected chi connectivity index (χ1v) is 4.75. The fourth-order valence-corrected chi connectivity index (χ4v) is 1.60. The average Bonchev–Trinajstić information content (AvgIpc) is 2.69. The minimum atomic E-state index is -1.39. The summed E-state index contributed by atoms with van der Waals surface area (Å²) < 4.78 is 7.50. The van der Waals surface area contributed by atoms with Gasteiger partial charge in [0.1, 0.15) is 12.1 Å². The fraction of sp³-hybridized carbons (Fsp3) is 0.182. The summed E-state index contributed by atoms with van der Waals surface area (Å²) in [6.07, 6.45) is 0.209. The van der Waals surface area contributed by atoms with Gasteiger partial charge in [-0.1, -0.05) is 18.2 Å². The number of aliphatic carboxylic acids is 1. The number of carboxylic acid groups (broad SMARTS) is 1. The Kier molecular flexibility index (Phi) is 2.32. The molecule has 0 saturated heterocycles. The number of carbonyl (C=O) groups is 1. The Morgan fingerprint density at radius 2 is 2.31 bits per heavy atom. The van der Waals surface area contributed by atoms with E-state index in [1.807, 2.05) is 0 Å². The number of aromatic nitrogens is 1. The van der Waals surface area contributed by atoms with Crippen LogP contribution in [-0.2, 0) is 4.79 Å². The molecule has 0 unspecified atom stereocenters. The van der Waals surface area contributed by atoms with Gasteiger partial charge in [-0.05, 0) is 6.07 Å². The van der Waals surface area contributed by atoms with Crippen molar-refractivity contribution in [3.8, 4) is 0 Å². The number of aromatic amines is 1. The van der Waals surface area contributed by atoms with E-state index in [0.717, 1.165) is 5.52 Å². The van der Waals surface area contributed by atoms with Crippen LogP contribution in [0.25, 0.3) is 10.9 Å². The van der Waals surface area contributed by atoms with Gasteiger partial charge in [0.15, 0.2) is 0 Å². The monoisotopic (exact) mass is 221 g/mol. The van der Waals surface area contributed by atoms with E-state index in [4.69, 9.17) is 12.2 Å². The number of aliphatic hydroxyl groups is 1. The van der Waals surface area contributed by atoms with E-state index in [0.29, 0.717) is 10.9 Å². The number of nitrogens with two attached hydrogens (primary N) is 1. The second kappa shape index (κ2) is 3.96. The summed E-state index contributed by atoms with van der Waals surface area (Å²) in [6.45, 7) is 0. The van der Waals surface area contributed by atoms with Crippen LogP contribution < -0.4 is 5.73 Å². The lowest BCUT2D eigenvalue weighted by atomic mass is 10.0. The molecule has 2 aromatic rings. The normalized spacial score (nSPS) is 15.8. The van der Waals surface area contributed by atoms with Crippen molar-refractivity contribution in [2.75, 3.05) is 0 Å². The molecule has 0 saturated carbocycles. The van der Waals surface area contributed by atoms with E-state index < -0.39 is 18.1 Å². The van der Waals surface area contributed by atoms with Gasteiger partial charge in [0.2, 0.25) is 0 Å². The van der Waals surface area contributed by atoms with E-state index in [1.54, 1.807) is 18.2 Å². The summed E-state index contributed by atoms with van der Waals surface area (Å²) in [7, 11) is 0. The highest BCUT2D eigenvalue weighted by Crippen LogP contribution is 2.25. The molecule has 1 heterocycles. The topological polar surface area (TPSA) is 99.3 Å². The van der Waals surface area contributed by atoms with Crippen molar-refractivity contribution in [2.24, 2.45) is 5.73 Å². The van der Waals surface area contributed by atoms with E-state index in [9.17, 15) is 9.90 Å². The number of hydrogen-bond acceptors (Lipinski definition) is 3. The van der Waals surface area contributed by atoms with Gasteiger partial charge in [0, 0.05) is 22.7 Å². The van der Waals surface area contributed by atoms with Gasteiger partial charge >= 0.3 is 5.97 Å². The zero-order valence-electron chi connectivity index (χ0n) is 9.34. The Labute approximate surface area is 92.9 Å². The predicted octanol–water partition coefficient (Wildman–Crippen LogP) is 0.613. The van der Waals surface area contributed by atoms with E-state index in [2.05, 4.69) is 4.98 Å². The van der Waals surface area contributed by atoms with E-state index in [-0.39, 0.29) is 6.04 Å². The van der Waals surface area contributed by atoms with Crippen LogP contribution in [0.15, 0.2) is 30.4 Å². The number of aliphatic hydroxyl groups excluding tert-OH is 1. The quantitative estimate of drug-likeness (QED) is 0.610. The van der Waals surface area contributed by atoms with Crippen LogP contribution in [0.3, 0.4) is 0 Å². The molecular weight excluding hydrogens is 208 g/mol. The second-order valence-electron chi connectivity index (χ2n) is 3.52. The van der Waals surface area contributed by atoms with Crippen molar-refractivity contribution in [1.82, 2.24) is 4.98 Å². The van der Waals surface area contributed by atoms with Crippen molar-refractivity contribution in [2.45, 2.75) is 12.1 Å².